The van der Waals surface area contributed by atoms with Crippen molar-refractivity contribution in [2.75, 3.05) is 6.61 Å². The van der Waals surface area contributed by atoms with Gasteiger partial charge in [0.05, 0.1) is 22.2 Å². The Bertz CT molecular complexity index is 1600. The monoisotopic (exact) mass is 462 g/mol. The van der Waals surface area contributed by atoms with Crippen molar-refractivity contribution >= 4 is 39.4 Å². The molecule has 2 aromatic carbocycles. The predicted molar refractivity (Wildman–Crippen MR) is 123 cm³/mol. The van der Waals surface area contributed by atoms with Gasteiger partial charge in [-0.2, -0.15) is 0 Å². The van der Waals surface area contributed by atoms with E-state index in [-0.39, 0.29) is 17.9 Å². The van der Waals surface area contributed by atoms with Crippen molar-refractivity contribution < 1.29 is 23.8 Å². The van der Waals surface area contributed by atoms with E-state index in [0.717, 1.165) is 16.6 Å². The van der Waals surface area contributed by atoms with E-state index in [9.17, 15) is 9.59 Å². The molecule has 5 aromatic rings. The van der Waals surface area contributed by atoms with Gasteiger partial charge in [0, 0.05) is 0 Å². The summed E-state index contributed by atoms with van der Waals surface area (Å²) < 4.78 is 18.9. The molecule has 1 N–H and O–H groups in total. The summed E-state index contributed by atoms with van der Waals surface area (Å²) in [7, 11) is 0. The van der Waals surface area contributed by atoms with E-state index in [0.29, 0.717) is 33.4 Å². The first-order valence-electron chi connectivity index (χ1n) is 10.2. The van der Waals surface area contributed by atoms with Gasteiger partial charge < -0.3 is 19.0 Å². The van der Waals surface area contributed by atoms with E-state index in [1.54, 1.807) is 28.7 Å². The van der Waals surface area contributed by atoms with Crippen LogP contribution in [0.1, 0.15) is 28.8 Å². The van der Waals surface area contributed by atoms with Crippen molar-refractivity contribution in [2.24, 2.45) is 0 Å². The number of thiazole rings is 1. The molecule has 0 radical (unpaired) electrons. The van der Waals surface area contributed by atoms with Gasteiger partial charge in [-0.05, 0) is 55.0 Å². The molecule has 3 aromatic heterocycles. The smallest absolute Gasteiger partial charge is 0.371 e. The predicted octanol–water partition coefficient (Wildman–Crippen LogP) is 3.73. The second kappa shape index (κ2) is 8.44. The van der Waals surface area contributed by atoms with E-state index in [1.807, 2.05) is 37.3 Å². The van der Waals surface area contributed by atoms with Gasteiger partial charge in [0.1, 0.15) is 12.4 Å². The number of benzene rings is 2. The molecule has 5 rings (SSSR count). The highest BCUT2D eigenvalue weighted by atomic mass is 32.1. The molecule has 8 nitrogen and oxygen atoms in total. The average molecular weight is 462 g/mol. The van der Waals surface area contributed by atoms with Gasteiger partial charge in [-0.25, -0.2) is 14.2 Å². The van der Waals surface area contributed by atoms with Crippen LogP contribution in [0.15, 0.2) is 63.8 Å². The minimum atomic E-state index is -1.14. The van der Waals surface area contributed by atoms with Crippen molar-refractivity contribution in [1.29, 1.82) is 0 Å². The van der Waals surface area contributed by atoms with Crippen molar-refractivity contribution in [3.63, 3.8) is 0 Å². The first-order chi connectivity index (χ1) is 16.0. The number of hydrogen-bond acceptors (Lipinski definition) is 7. The molecular formula is C24H18N2O6S. The quantitative estimate of drug-likeness (QED) is 0.393. The fourth-order valence-corrected chi connectivity index (χ4v) is 4.47. The molecule has 0 fully saturated rings. The Kier molecular flexibility index (Phi) is 5.31. The van der Waals surface area contributed by atoms with Gasteiger partial charge in [-0.15, -0.1) is 0 Å². The molecule has 0 amide bonds. The van der Waals surface area contributed by atoms with Gasteiger partial charge in [-0.1, -0.05) is 29.5 Å². The van der Waals surface area contributed by atoms with Gasteiger partial charge in [0.2, 0.25) is 5.76 Å². The third-order valence-electron chi connectivity index (χ3n) is 4.95. The first kappa shape index (κ1) is 20.8. The Morgan fingerprint density at radius 2 is 2.00 bits per heavy atom. The summed E-state index contributed by atoms with van der Waals surface area (Å²) in [5.74, 6) is 0.0951. The molecule has 0 saturated carbocycles. The van der Waals surface area contributed by atoms with Gasteiger partial charge in [-0.3, -0.25) is 4.79 Å². The topological polar surface area (TPSA) is 103 Å². The van der Waals surface area contributed by atoms with Gasteiger partial charge in [0.25, 0.3) is 5.56 Å². The molecule has 3 heterocycles. The van der Waals surface area contributed by atoms with Crippen LogP contribution in [-0.4, -0.2) is 27.1 Å². The zero-order valence-electron chi connectivity index (χ0n) is 17.5. The zero-order chi connectivity index (χ0) is 22.9. The summed E-state index contributed by atoms with van der Waals surface area (Å²) in [5, 5.41) is 8.97. The van der Waals surface area contributed by atoms with E-state index in [1.165, 1.54) is 17.4 Å². The number of carbonyl (C=O) groups is 1. The molecule has 0 saturated heterocycles. The fraction of sp³-hybridized carbons (Fsp3) is 0.125. The normalized spacial score (nSPS) is 12.0. The van der Waals surface area contributed by atoms with Crippen molar-refractivity contribution in [3.8, 4) is 11.5 Å². The first-order valence-corrected chi connectivity index (χ1v) is 11.0. The Morgan fingerprint density at radius 1 is 1.15 bits per heavy atom. The van der Waals surface area contributed by atoms with Crippen molar-refractivity contribution in [2.45, 2.75) is 13.5 Å². The number of ether oxygens (including phenoxy) is 2. The molecule has 0 bridgehead atoms. The highest BCUT2D eigenvalue weighted by Gasteiger charge is 2.13. The molecule has 0 aliphatic carbocycles. The second-order valence-corrected chi connectivity index (χ2v) is 8.14. The number of para-hydroxylation sites is 2. The standard InChI is InChI=1S/C24H18N2O6S/c1-2-30-20-11-14(7-9-18(20)31-13-15-8-10-19(32-15)23(28)29)12-21-22(27)26-17-6-4-3-5-16(17)25-24(26)33-21/h3-12H,2,13H2,1H3,(H,28,29). The van der Waals surface area contributed by atoms with E-state index in [2.05, 4.69) is 4.98 Å². The second-order valence-electron chi connectivity index (χ2n) is 7.13. The number of fused-ring (bicyclic) bond motifs is 3. The van der Waals surface area contributed by atoms with Crippen LogP contribution in [0.4, 0.5) is 0 Å². The number of carboxylic acid groups (broad SMARTS) is 1. The van der Waals surface area contributed by atoms with Crippen molar-refractivity contribution in [3.05, 3.63) is 86.6 Å². The third-order valence-corrected chi connectivity index (χ3v) is 5.92. The maximum atomic E-state index is 13.0. The summed E-state index contributed by atoms with van der Waals surface area (Å²) in [6.07, 6.45) is 1.80. The Balaban J connectivity index is 1.46. The SMILES string of the molecule is CCOc1cc(C=c2sc3nc4ccccc4n3c2=O)ccc1OCc1ccc(C(=O)O)o1. The Labute approximate surface area is 190 Å². The lowest BCUT2D eigenvalue weighted by Gasteiger charge is -2.11. The molecule has 166 valence electrons. The number of hydrogen-bond donors (Lipinski definition) is 1. The number of rotatable bonds is 7. The number of aromatic nitrogens is 2. The maximum Gasteiger partial charge on any atom is 0.371 e. The molecular weight excluding hydrogens is 444 g/mol. The molecule has 0 unspecified atom stereocenters. The molecule has 33 heavy (non-hydrogen) atoms. The molecule has 0 spiro atoms. The number of imidazole rings is 1. The largest absolute Gasteiger partial charge is 0.490 e. The van der Waals surface area contributed by atoms with Gasteiger partial charge in [0.15, 0.2) is 16.5 Å². The van der Waals surface area contributed by atoms with Crippen LogP contribution >= 0.6 is 11.3 Å². The minimum absolute atomic E-state index is 0.0519. The Morgan fingerprint density at radius 3 is 2.79 bits per heavy atom. The lowest BCUT2D eigenvalue weighted by Crippen LogP contribution is -2.22. The molecule has 9 heteroatoms. The summed E-state index contributed by atoms with van der Waals surface area (Å²) in [5.41, 5.74) is 2.24. The summed E-state index contributed by atoms with van der Waals surface area (Å²) in [6.45, 7) is 2.34. The fourth-order valence-electron chi connectivity index (χ4n) is 3.48. The summed E-state index contributed by atoms with van der Waals surface area (Å²) in [6, 6.07) is 15.8. The van der Waals surface area contributed by atoms with Gasteiger partial charge >= 0.3 is 5.97 Å². The number of carboxylic acids is 1. The molecule has 0 aliphatic rings. The maximum absolute atomic E-state index is 13.0. The van der Waals surface area contributed by atoms with Crippen LogP contribution < -0.4 is 19.6 Å². The third kappa shape index (κ3) is 3.94. The number of aromatic carboxylic acids is 1. The van der Waals surface area contributed by atoms with E-state index < -0.39 is 5.97 Å². The van der Waals surface area contributed by atoms with Crippen LogP contribution in [0.5, 0.6) is 11.5 Å². The lowest BCUT2D eigenvalue weighted by molar-refractivity contribution is 0.0658. The van der Waals surface area contributed by atoms with Crippen LogP contribution in [0.2, 0.25) is 0 Å². The van der Waals surface area contributed by atoms with Crippen LogP contribution in [0.25, 0.3) is 22.1 Å². The molecule has 0 atom stereocenters. The van der Waals surface area contributed by atoms with Crippen LogP contribution in [0.3, 0.4) is 0 Å². The van der Waals surface area contributed by atoms with Crippen molar-refractivity contribution in [1.82, 2.24) is 9.38 Å². The minimum Gasteiger partial charge on any atom is -0.490 e. The summed E-state index contributed by atoms with van der Waals surface area (Å²) >= 11 is 1.33. The average Bonchev–Trinajstić information content (AvgIpc) is 3.49. The number of nitrogens with zero attached hydrogens (tertiary/aromatic N) is 2. The highest BCUT2D eigenvalue weighted by molar-refractivity contribution is 7.15. The van der Waals surface area contributed by atoms with Crippen LogP contribution in [-0.2, 0) is 6.61 Å². The van der Waals surface area contributed by atoms with E-state index >= 15 is 0 Å². The summed E-state index contributed by atoms with van der Waals surface area (Å²) in [4.78, 5) is 29.1. The van der Waals surface area contributed by atoms with E-state index in [4.69, 9.17) is 19.0 Å². The zero-order valence-corrected chi connectivity index (χ0v) is 18.3. The molecule has 0 aliphatic heterocycles. The lowest BCUT2D eigenvalue weighted by atomic mass is 10.2. The van der Waals surface area contributed by atoms with Crippen LogP contribution in [0, 0.1) is 0 Å². The number of furan rings is 1. The highest BCUT2D eigenvalue weighted by Crippen LogP contribution is 2.30. The Hall–Kier alpha value is -4.11.